The number of hydrogen-bond donors (Lipinski definition) is 2. The van der Waals surface area contributed by atoms with Crippen LogP contribution in [0.5, 0.6) is 0 Å². The number of sulfonamides is 1. The summed E-state index contributed by atoms with van der Waals surface area (Å²) < 4.78 is 27.1. The maximum Gasteiger partial charge on any atom is 0.245 e. The van der Waals surface area contributed by atoms with E-state index in [0.29, 0.717) is 45.1 Å². The van der Waals surface area contributed by atoms with Crippen molar-refractivity contribution < 1.29 is 27.6 Å². The lowest BCUT2D eigenvalue weighted by Gasteiger charge is -2.29. The number of rotatable bonds is 4. The average molecular weight is 494 g/mol. The van der Waals surface area contributed by atoms with Crippen LogP contribution in [-0.4, -0.2) is 60.7 Å². The van der Waals surface area contributed by atoms with E-state index in [2.05, 4.69) is 10.0 Å². The number of nitrogens with zero attached hydrogens (tertiary/aromatic N) is 1. The number of amides is 3. The van der Waals surface area contributed by atoms with Crippen molar-refractivity contribution in [3.05, 3.63) is 12.2 Å². The van der Waals surface area contributed by atoms with Gasteiger partial charge in [-0.2, -0.15) is 0 Å². The Bertz CT molecular complexity index is 989. The summed E-state index contributed by atoms with van der Waals surface area (Å²) in [7, 11) is -3.72. The summed E-state index contributed by atoms with van der Waals surface area (Å²) in [6, 6.07) is -1.31. The fourth-order valence-corrected chi connectivity index (χ4v) is 6.75. The molecule has 34 heavy (non-hydrogen) atoms. The van der Waals surface area contributed by atoms with Crippen LogP contribution in [0.2, 0.25) is 0 Å². The molecule has 0 spiro atoms. The summed E-state index contributed by atoms with van der Waals surface area (Å²) in [6.07, 6.45) is 10.5. The van der Waals surface area contributed by atoms with Crippen molar-refractivity contribution >= 4 is 33.5 Å². The molecule has 2 heterocycles. The molecule has 3 fully saturated rings. The van der Waals surface area contributed by atoms with Crippen molar-refractivity contribution in [2.75, 3.05) is 6.54 Å². The lowest BCUT2D eigenvalue weighted by Crippen LogP contribution is -2.52. The highest BCUT2D eigenvalue weighted by molar-refractivity contribution is 7.90. The second kappa shape index (κ2) is 9.79. The Labute approximate surface area is 201 Å². The van der Waals surface area contributed by atoms with E-state index >= 15 is 0 Å². The summed E-state index contributed by atoms with van der Waals surface area (Å²) in [5.41, 5.74) is -1.08. The number of carbonyl (C=O) groups is 4. The molecule has 2 N–H and O–H groups in total. The highest BCUT2D eigenvalue weighted by Crippen LogP contribution is 2.57. The highest BCUT2D eigenvalue weighted by atomic mass is 32.2. The monoisotopic (exact) mass is 493 g/mol. The van der Waals surface area contributed by atoms with Gasteiger partial charge in [-0.3, -0.25) is 23.9 Å². The Morgan fingerprint density at radius 1 is 1.06 bits per heavy atom. The Balaban J connectivity index is 1.56. The predicted molar refractivity (Wildman–Crippen MR) is 125 cm³/mol. The number of hydrogen-bond acceptors (Lipinski definition) is 6. The molecule has 188 valence electrons. The normalized spacial score (nSPS) is 33.7. The Morgan fingerprint density at radius 2 is 1.82 bits per heavy atom. The van der Waals surface area contributed by atoms with E-state index in [0.717, 1.165) is 25.7 Å². The molecular formula is C24H35N3O6S. The predicted octanol–water partition coefficient (Wildman–Crippen LogP) is 1.58. The van der Waals surface area contributed by atoms with Gasteiger partial charge in [0.2, 0.25) is 27.7 Å². The first-order valence-corrected chi connectivity index (χ1v) is 14.0. The minimum atomic E-state index is -3.72. The van der Waals surface area contributed by atoms with Gasteiger partial charge in [-0.05, 0) is 57.3 Å². The first kappa shape index (κ1) is 24.9. The molecule has 4 aliphatic rings. The standard InChI is InChI=1S/C24H35N3O6S/c1-16(28)25-19-9-6-4-2-3-5-8-17-14-24(17,23(31)26-34(32,33)18-11-12-18)15-21(29)20-10-7-13-27(20)22(19)30/h5,8,17-20H,2-4,6-7,9-15H2,1H3,(H,25,28)(H,26,31)/b8-5-/t17-,19+,20+,24-/m1/s1. The number of allylic oxidation sites excluding steroid dienone is 2. The van der Waals surface area contributed by atoms with Gasteiger partial charge in [-0.1, -0.05) is 25.0 Å². The zero-order valence-electron chi connectivity index (χ0n) is 19.8. The fourth-order valence-electron chi connectivity index (χ4n) is 5.37. The van der Waals surface area contributed by atoms with Gasteiger partial charge in [-0.15, -0.1) is 0 Å². The topological polar surface area (TPSA) is 130 Å². The molecule has 4 atom stereocenters. The Kier molecular flexibility index (Phi) is 7.17. The van der Waals surface area contributed by atoms with Crippen LogP contribution in [0.1, 0.15) is 77.6 Å². The van der Waals surface area contributed by atoms with E-state index in [-0.39, 0.29) is 29.9 Å². The summed E-state index contributed by atoms with van der Waals surface area (Å²) in [6.45, 7) is 1.81. The van der Waals surface area contributed by atoms with Crippen LogP contribution in [0.15, 0.2) is 12.2 Å². The van der Waals surface area contributed by atoms with E-state index in [1.54, 1.807) is 4.90 Å². The molecule has 0 bridgehead atoms. The summed E-state index contributed by atoms with van der Waals surface area (Å²) in [5, 5.41) is 2.23. The Hall–Kier alpha value is -2.23. The van der Waals surface area contributed by atoms with E-state index < -0.39 is 38.7 Å². The first-order valence-electron chi connectivity index (χ1n) is 12.5. The van der Waals surface area contributed by atoms with E-state index in [4.69, 9.17) is 0 Å². The van der Waals surface area contributed by atoms with Crippen LogP contribution in [0.4, 0.5) is 0 Å². The lowest BCUT2D eigenvalue weighted by molar-refractivity contribution is -0.141. The SMILES string of the molecule is CC(=O)N[C@H]1CCCCC/C=C\[C@@H]2C[C@@]2(C(=O)NS(=O)(=O)C2CC2)CC(=O)[C@@H]2CCCN2C1=O. The van der Waals surface area contributed by atoms with Crippen molar-refractivity contribution in [2.24, 2.45) is 11.3 Å². The molecule has 0 aromatic carbocycles. The van der Waals surface area contributed by atoms with Crippen LogP contribution in [0.3, 0.4) is 0 Å². The highest BCUT2D eigenvalue weighted by Gasteiger charge is 2.61. The zero-order chi connectivity index (χ0) is 24.5. The van der Waals surface area contributed by atoms with Crippen LogP contribution in [-0.2, 0) is 29.2 Å². The van der Waals surface area contributed by atoms with Gasteiger partial charge in [0.1, 0.15) is 6.04 Å². The minimum absolute atomic E-state index is 0.0900. The summed E-state index contributed by atoms with van der Waals surface area (Å²) in [4.78, 5) is 53.2. The molecule has 2 saturated carbocycles. The van der Waals surface area contributed by atoms with Gasteiger partial charge in [0.15, 0.2) is 5.78 Å². The van der Waals surface area contributed by atoms with Crippen molar-refractivity contribution in [3.63, 3.8) is 0 Å². The average Bonchev–Trinajstić information content (AvgIpc) is 3.68. The third kappa shape index (κ3) is 5.37. The largest absolute Gasteiger partial charge is 0.345 e. The minimum Gasteiger partial charge on any atom is -0.345 e. The van der Waals surface area contributed by atoms with Crippen LogP contribution >= 0.6 is 0 Å². The van der Waals surface area contributed by atoms with Gasteiger partial charge in [-0.25, -0.2) is 8.42 Å². The van der Waals surface area contributed by atoms with Crippen molar-refractivity contribution in [1.29, 1.82) is 0 Å². The molecule has 0 radical (unpaired) electrons. The maximum absolute atomic E-state index is 13.4. The molecule has 2 aliphatic heterocycles. The summed E-state index contributed by atoms with van der Waals surface area (Å²) >= 11 is 0. The smallest absolute Gasteiger partial charge is 0.245 e. The first-order chi connectivity index (χ1) is 16.1. The van der Waals surface area contributed by atoms with Gasteiger partial charge >= 0.3 is 0 Å². The number of fused-ring (bicyclic) bond motifs is 2. The van der Waals surface area contributed by atoms with Crippen molar-refractivity contribution in [2.45, 2.75) is 94.9 Å². The quantitative estimate of drug-likeness (QED) is 0.572. The van der Waals surface area contributed by atoms with E-state index in [9.17, 15) is 27.6 Å². The van der Waals surface area contributed by atoms with Crippen LogP contribution in [0, 0.1) is 11.3 Å². The van der Waals surface area contributed by atoms with Gasteiger partial charge in [0, 0.05) is 19.9 Å². The molecular weight excluding hydrogens is 458 g/mol. The fraction of sp³-hybridized carbons (Fsp3) is 0.750. The molecule has 1 saturated heterocycles. The molecule has 9 nitrogen and oxygen atoms in total. The van der Waals surface area contributed by atoms with Crippen molar-refractivity contribution in [1.82, 2.24) is 14.9 Å². The molecule has 10 heteroatoms. The third-order valence-electron chi connectivity index (χ3n) is 7.59. The maximum atomic E-state index is 13.4. The summed E-state index contributed by atoms with van der Waals surface area (Å²) in [5.74, 6) is -1.53. The van der Waals surface area contributed by atoms with Gasteiger partial charge < -0.3 is 10.2 Å². The molecule has 0 unspecified atom stereocenters. The van der Waals surface area contributed by atoms with E-state index in [1.165, 1.54) is 6.92 Å². The zero-order valence-corrected chi connectivity index (χ0v) is 20.6. The number of carbonyl (C=O) groups excluding carboxylic acids is 4. The number of ketones is 1. The molecule has 0 aromatic rings. The molecule has 2 aliphatic carbocycles. The third-order valence-corrected chi connectivity index (χ3v) is 9.41. The Morgan fingerprint density at radius 3 is 2.53 bits per heavy atom. The molecule has 3 amide bonds. The molecule has 4 rings (SSSR count). The van der Waals surface area contributed by atoms with Crippen LogP contribution < -0.4 is 10.0 Å². The number of Topliss-reactive ketones (excluding diaryl/α,β-unsaturated/α-hetero) is 1. The van der Waals surface area contributed by atoms with Crippen molar-refractivity contribution in [3.8, 4) is 0 Å². The van der Waals surface area contributed by atoms with E-state index in [1.807, 2.05) is 12.2 Å². The second-order valence-corrected chi connectivity index (χ2v) is 12.3. The lowest BCUT2D eigenvalue weighted by atomic mass is 9.91. The van der Waals surface area contributed by atoms with Crippen LogP contribution in [0.25, 0.3) is 0 Å². The number of nitrogens with one attached hydrogen (secondary N) is 2. The molecule has 0 aromatic heterocycles. The van der Waals surface area contributed by atoms with Gasteiger partial charge in [0.05, 0.1) is 16.7 Å². The van der Waals surface area contributed by atoms with Gasteiger partial charge in [0.25, 0.3) is 0 Å². The second-order valence-electron chi connectivity index (χ2n) is 10.3.